The fraction of sp³-hybridized carbons (Fsp3) is 0.333. The molecule has 0 aliphatic rings. The molecule has 0 aliphatic heterocycles. The molecule has 0 radical (unpaired) electrons. The topological polar surface area (TPSA) is 106 Å². The number of methoxy groups -OCH3 is 1. The van der Waals surface area contributed by atoms with Crippen molar-refractivity contribution in [3.8, 4) is 0 Å². The zero-order chi connectivity index (χ0) is 14.4. The maximum atomic E-state index is 11.8. The van der Waals surface area contributed by atoms with E-state index in [0.717, 1.165) is 12.7 Å². The minimum Gasteiger partial charge on any atom is -0.480 e. The molecule has 1 amide bonds. The summed E-state index contributed by atoms with van der Waals surface area (Å²) in [6.45, 7) is 1.76. The highest BCUT2D eigenvalue weighted by atomic mass is 16.5. The number of carboxylic acids is 1. The standard InChI is InChI=1S/C12H14N2O5/c1-7-3-8(6-13-5-7)11(16)14-9(12(17)18)4-10(15)19-2/h3,5-6,9H,4H2,1-2H3,(H,14,16)(H,17,18)/t9-/m0/s1. The molecule has 7 heteroatoms. The Bertz CT molecular complexity index is 501. The molecule has 1 rings (SSSR count). The van der Waals surface area contributed by atoms with E-state index in [2.05, 4.69) is 15.0 Å². The van der Waals surface area contributed by atoms with Gasteiger partial charge >= 0.3 is 11.9 Å². The van der Waals surface area contributed by atoms with Crippen molar-refractivity contribution in [1.29, 1.82) is 0 Å². The summed E-state index contributed by atoms with van der Waals surface area (Å²) >= 11 is 0. The van der Waals surface area contributed by atoms with Crippen LogP contribution in [0.25, 0.3) is 0 Å². The van der Waals surface area contributed by atoms with Crippen LogP contribution in [0.2, 0.25) is 0 Å². The SMILES string of the molecule is COC(=O)C[C@H](NC(=O)c1cncc(C)c1)C(=O)O. The van der Waals surface area contributed by atoms with Crippen molar-refractivity contribution in [2.45, 2.75) is 19.4 Å². The van der Waals surface area contributed by atoms with Gasteiger partial charge in [-0.05, 0) is 18.6 Å². The smallest absolute Gasteiger partial charge is 0.326 e. The third-order valence-electron chi connectivity index (χ3n) is 2.34. The molecule has 19 heavy (non-hydrogen) atoms. The average Bonchev–Trinajstić information content (AvgIpc) is 2.37. The first-order valence-electron chi connectivity index (χ1n) is 5.46. The summed E-state index contributed by atoms with van der Waals surface area (Å²) in [5.74, 6) is -2.62. The number of amides is 1. The highest BCUT2D eigenvalue weighted by Crippen LogP contribution is 2.03. The first-order chi connectivity index (χ1) is 8.93. The van der Waals surface area contributed by atoms with Crippen molar-refractivity contribution in [2.24, 2.45) is 0 Å². The number of carbonyl (C=O) groups is 3. The molecule has 0 aromatic carbocycles. The lowest BCUT2D eigenvalue weighted by Crippen LogP contribution is -2.42. The molecule has 102 valence electrons. The van der Waals surface area contributed by atoms with Crippen molar-refractivity contribution in [3.63, 3.8) is 0 Å². The van der Waals surface area contributed by atoms with Gasteiger partial charge in [0.2, 0.25) is 0 Å². The molecule has 1 aromatic heterocycles. The number of carboxylic acid groups (broad SMARTS) is 1. The maximum Gasteiger partial charge on any atom is 0.326 e. The number of hydrogen-bond donors (Lipinski definition) is 2. The summed E-state index contributed by atoms with van der Waals surface area (Å²) in [7, 11) is 1.15. The minimum absolute atomic E-state index is 0.233. The fourth-order valence-electron chi connectivity index (χ4n) is 1.37. The summed E-state index contributed by atoms with van der Waals surface area (Å²) in [6.07, 6.45) is 2.45. The maximum absolute atomic E-state index is 11.8. The van der Waals surface area contributed by atoms with Gasteiger partial charge in [-0.3, -0.25) is 14.6 Å². The van der Waals surface area contributed by atoms with Crippen molar-refractivity contribution in [3.05, 3.63) is 29.6 Å². The quantitative estimate of drug-likeness (QED) is 0.734. The lowest BCUT2D eigenvalue weighted by atomic mass is 10.1. The van der Waals surface area contributed by atoms with Gasteiger partial charge in [0.25, 0.3) is 5.91 Å². The van der Waals surface area contributed by atoms with E-state index in [0.29, 0.717) is 0 Å². The Balaban J connectivity index is 2.77. The van der Waals surface area contributed by atoms with E-state index in [1.165, 1.54) is 6.20 Å². The molecule has 1 aromatic rings. The molecule has 0 spiro atoms. The van der Waals surface area contributed by atoms with Crippen LogP contribution in [0.15, 0.2) is 18.5 Å². The molecule has 1 atom stereocenters. The van der Waals surface area contributed by atoms with Crippen molar-refractivity contribution in [2.75, 3.05) is 7.11 Å². The second kappa shape index (κ2) is 6.48. The molecular weight excluding hydrogens is 252 g/mol. The zero-order valence-corrected chi connectivity index (χ0v) is 10.5. The van der Waals surface area contributed by atoms with Crippen LogP contribution in [0.5, 0.6) is 0 Å². The van der Waals surface area contributed by atoms with Crippen molar-refractivity contribution >= 4 is 17.8 Å². The fourth-order valence-corrected chi connectivity index (χ4v) is 1.37. The lowest BCUT2D eigenvalue weighted by molar-refractivity contribution is -0.147. The van der Waals surface area contributed by atoms with Gasteiger partial charge < -0.3 is 15.2 Å². The molecule has 0 aliphatic carbocycles. The Hall–Kier alpha value is -2.44. The van der Waals surface area contributed by atoms with E-state index in [-0.39, 0.29) is 5.56 Å². The first kappa shape index (κ1) is 14.6. The number of aryl methyl sites for hydroxylation is 1. The summed E-state index contributed by atoms with van der Waals surface area (Å²) in [6, 6.07) is 0.236. The Morgan fingerprint density at radius 2 is 2.11 bits per heavy atom. The number of ether oxygens (including phenoxy) is 1. The van der Waals surface area contributed by atoms with Crippen LogP contribution in [-0.2, 0) is 14.3 Å². The first-order valence-corrected chi connectivity index (χ1v) is 5.46. The third kappa shape index (κ3) is 4.38. The van der Waals surface area contributed by atoms with E-state index in [4.69, 9.17) is 5.11 Å². The molecule has 2 N–H and O–H groups in total. The van der Waals surface area contributed by atoms with E-state index in [9.17, 15) is 14.4 Å². The predicted molar refractivity (Wildman–Crippen MR) is 64.5 cm³/mol. The van der Waals surface area contributed by atoms with Gasteiger partial charge in [-0.15, -0.1) is 0 Å². The number of aromatic nitrogens is 1. The monoisotopic (exact) mass is 266 g/mol. The molecule has 1 heterocycles. The number of rotatable bonds is 5. The van der Waals surface area contributed by atoms with Crippen LogP contribution in [0.4, 0.5) is 0 Å². The molecule has 0 saturated carbocycles. The Morgan fingerprint density at radius 3 is 2.63 bits per heavy atom. The Labute approximate surface area is 109 Å². The van der Waals surface area contributed by atoms with Crippen LogP contribution in [0.3, 0.4) is 0 Å². The molecular formula is C12H14N2O5. The van der Waals surface area contributed by atoms with Gasteiger partial charge in [0.1, 0.15) is 6.04 Å². The number of nitrogens with one attached hydrogen (secondary N) is 1. The molecule has 0 bridgehead atoms. The minimum atomic E-state index is -1.33. The van der Waals surface area contributed by atoms with Gasteiger partial charge in [-0.1, -0.05) is 0 Å². The predicted octanol–water partition coefficient (Wildman–Crippen LogP) is 0.136. The van der Waals surface area contributed by atoms with Crippen molar-refractivity contribution in [1.82, 2.24) is 10.3 Å². The zero-order valence-electron chi connectivity index (χ0n) is 10.5. The molecule has 0 saturated heterocycles. The van der Waals surface area contributed by atoms with E-state index >= 15 is 0 Å². The number of hydrogen-bond acceptors (Lipinski definition) is 5. The van der Waals surface area contributed by atoms with E-state index < -0.39 is 30.3 Å². The van der Waals surface area contributed by atoms with Crippen LogP contribution in [0, 0.1) is 6.92 Å². The molecule has 0 unspecified atom stereocenters. The molecule has 0 fully saturated rings. The Morgan fingerprint density at radius 1 is 1.42 bits per heavy atom. The number of aliphatic carboxylic acids is 1. The van der Waals surface area contributed by atoms with Crippen LogP contribution < -0.4 is 5.32 Å². The highest BCUT2D eigenvalue weighted by Gasteiger charge is 2.24. The number of carbonyl (C=O) groups excluding carboxylic acids is 2. The highest BCUT2D eigenvalue weighted by molar-refractivity contribution is 5.97. The summed E-state index contributed by atoms with van der Waals surface area (Å²) < 4.78 is 4.37. The number of esters is 1. The van der Waals surface area contributed by atoms with Gasteiger partial charge in [0, 0.05) is 12.4 Å². The average molecular weight is 266 g/mol. The van der Waals surface area contributed by atoms with Gasteiger partial charge in [-0.25, -0.2) is 4.79 Å². The van der Waals surface area contributed by atoms with Gasteiger partial charge in [0.05, 0.1) is 19.1 Å². The van der Waals surface area contributed by atoms with E-state index in [1.54, 1.807) is 19.2 Å². The van der Waals surface area contributed by atoms with E-state index in [1.807, 2.05) is 0 Å². The number of pyridine rings is 1. The van der Waals surface area contributed by atoms with Crippen molar-refractivity contribution < 1.29 is 24.2 Å². The van der Waals surface area contributed by atoms with Crippen LogP contribution in [-0.4, -0.2) is 41.1 Å². The third-order valence-corrected chi connectivity index (χ3v) is 2.34. The lowest BCUT2D eigenvalue weighted by Gasteiger charge is -2.13. The van der Waals surface area contributed by atoms with Crippen LogP contribution in [0.1, 0.15) is 22.3 Å². The summed E-state index contributed by atoms with van der Waals surface area (Å²) in [5.41, 5.74) is 1.00. The van der Waals surface area contributed by atoms with Gasteiger partial charge in [-0.2, -0.15) is 0 Å². The number of nitrogens with zero attached hydrogens (tertiary/aromatic N) is 1. The van der Waals surface area contributed by atoms with Crippen LogP contribution >= 0.6 is 0 Å². The normalized spacial score (nSPS) is 11.5. The second-order valence-corrected chi connectivity index (χ2v) is 3.90. The summed E-state index contributed by atoms with van der Waals surface area (Å²) in [5, 5.41) is 11.2. The van der Waals surface area contributed by atoms with Gasteiger partial charge in [0.15, 0.2) is 0 Å². The molecule has 7 nitrogen and oxygen atoms in total. The second-order valence-electron chi connectivity index (χ2n) is 3.90. The summed E-state index contributed by atoms with van der Waals surface area (Å²) in [4.78, 5) is 37.6. The largest absolute Gasteiger partial charge is 0.480 e. The Kier molecular flexibility index (Phi) is 4.99.